The van der Waals surface area contributed by atoms with Crippen LogP contribution >= 0.6 is 15.2 Å². The molecular weight excluding hydrogens is 400 g/mol. The standard InChI is InChI=1S/C10H17NO7P2.4Na/c1-11(9-5-3-2-4-6-9)8-7-10(12,19(13,14)15)20(16,17)18;;;;/h2-6,12H,7-8H2,1H3,(H2,13,14,15)(H2,16,17,18);;;;/q;4*+1/p-4. The van der Waals surface area contributed by atoms with Crippen LogP contribution in [0.1, 0.15) is 6.42 Å². The van der Waals surface area contributed by atoms with E-state index >= 15 is 0 Å². The molecule has 8 nitrogen and oxygen atoms in total. The average molecular weight is 413 g/mol. The maximum Gasteiger partial charge on any atom is 1.00 e. The second-order valence-corrected chi connectivity index (χ2v) is 8.10. The van der Waals surface area contributed by atoms with Crippen LogP contribution in [0.2, 0.25) is 0 Å². The van der Waals surface area contributed by atoms with E-state index in [1.807, 2.05) is 0 Å². The third-order valence-electron chi connectivity index (χ3n) is 2.86. The van der Waals surface area contributed by atoms with Crippen LogP contribution in [0.25, 0.3) is 0 Å². The molecule has 1 N–H and O–H groups in total. The first-order chi connectivity index (χ1) is 8.99. The minimum Gasteiger partial charge on any atom is -0.808 e. The molecule has 1 aromatic rings. The van der Waals surface area contributed by atoms with Crippen molar-refractivity contribution < 1.29 is 152 Å². The molecule has 1 rings (SSSR count). The van der Waals surface area contributed by atoms with Gasteiger partial charge in [0.1, 0.15) is 5.08 Å². The molecule has 0 fully saturated rings. The van der Waals surface area contributed by atoms with Crippen molar-refractivity contribution in [2.75, 3.05) is 18.5 Å². The summed E-state index contributed by atoms with van der Waals surface area (Å²) in [4.78, 5) is 44.9. The summed E-state index contributed by atoms with van der Waals surface area (Å²) >= 11 is 0. The van der Waals surface area contributed by atoms with Crippen LogP contribution in [0, 0.1) is 0 Å². The Labute approximate surface area is 229 Å². The molecule has 114 valence electrons. The first kappa shape index (κ1) is 34.8. The third kappa shape index (κ3) is 9.66. The normalized spacial score (nSPS) is 11.1. The van der Waals surface area contributed by atoms with Crippen LogP contribution in [0.3, 0.4) is 0 Å². The van der Waals surface area contributed by atoms with Crippen LogP contribution in [0.4, 0.5) is 5.69 Å². The van der Waals surface area contributed by atoms with E-state index < -0.39 is 26.7 Å². The number of aliphatic hydroxyl groups is 1. The molecule has 0 amide bonds. The zero-order valence-electron chi connectivity index (χ0n) is 14.5. The number of benzene rings is 1. The Kier molecular flexibility index (Phi) is 20.7. The minimum atomic E-state index is -6.02. The summed E-state index contributed by atoms with van der Waals surface area (Å²) in [5.74, 6) is 0. The van der Waals surface area contributed by atoms with Crippen LogP contribution in [-0.2, 0) is 9.13 Å². The van der Waals surface area contributed by atoms with Crippen molar-refractivity contribution in [1.29, 1.82) is 0 Å². The van der Waals surface area contributed by atoms with Gasteiger partial charge in [0.15, 0.2) is 0 Å². The molecule has 0 saturated carbocycles. The molecule has 0 heterocycles. The molecule has 0 spiro atoms. The Morgan fingerprint density at radius 1 is 0.958 bits per heavy atom. The molecule has 0 aliphatic carbocycles. The Balaban J connectivity index is -0.000000500. The quantitative estimate of drug-likeness (QED) is 0.357. The van der Waals surface area contributed by atoms with Crippen molar-refractivity contribution in [2.45, 2.75) is 11.5 Å². The van der Waals surface area contributed by atoms with Gasteiger partial charge in [-0.3, -0.25) is 0 Å². The molecule has 14 heteroatoms. The largest absolute Gasteiger partial charge is 1.00 e. The fourth-order valence-electron chi connectivity index (χ4n) is 1.55. The summed E-state index contributed by atoms with van der Waals surface area (Å²) in [6.07, 6.45) is -1.02. The summed E-state index contributed by atoms with van der Waals surface area (Å²) in [6, 6.07) is 8.43. The fraction of sp³-hybridized carbons (Fsp3) is 0.400. The van der Waals surface area contributed by atoms with Gasteiger partial charge in [-0.15, -0.1) is 0 Å². The molecule has 1 aromatic carbocycles. The summed E-state index contributed by atoms with van der Waals surface area (Å²) in [7, 11) is -10.5. The first-order valence-electron chi connectivity index (χ1n) is 5.52. The number of rotatable bonds is 6. The molecule has 0 aromatic heterocycles. The van der Waals surface area contributed by atoms with Crippen molar-refractivity contribution in [3.63, 3.8) is 0 Å². The fourth-order valence-corrected chi connectivity index (χ4v) is 3.50. The Morgan fingerprint density at radius 2 is 1.33 bits per heavy atom. The van der Waals surface area contributed by atoms with E-state index in [0.29, 0.717) is 5.69 Å². The number of nitrogens with zero attached hydrogens (tertiary/aromatic N) is 1. The number of para-hydroxylation sites is 1. The van der Waals surface area contributed by atoms with E-state index in [1.54, 1.807) is 30.3 Å². The first-order valence-corrected chi connectivity index (χ1v) is 8.60. The molecule has 0 atom stereocenters. The summed E-state index contributed by atoms with van der Waals surface area (Å²) in [5.41, 5.74) is 0.605. The van der Waals surface area contributed by atoms with Crippen molar-refractivity contribution in [3.8, 4) is 0 Å². The summed E-state index contributed by atoms with van der Waals surface area (Å²) in [6.45, 7) is -0.302. The van der Waals surface area contributed by atoms with E-state index in [1.165, 1.54) is 11.9 Å². The smallest absolute Gasteiger partial charge is 0.808 e. The maximum absolute atomic E-state index is 10.9. The zero-order valence-corrected chi connectivity index (χ0v) is 24.3. The topological polar surface area (TPSA) is 150 Å². The van der Waals surface area contributed by atoms with Crippen LogP contribution in [-0.4, -0.2) is 23.8 Å². The predicted molar refractivity (Wildman–Crippen MR) is 64.5 cm³/mol. The maximum atomic E-state index is 10.9. The van der Waals surface area contributed by atoms with Gasteiger partial charge >= 0.3 is 118 Å². The van der Waals surface area contributed by atoms with Gasteiger partial charge in [-0.2, -0.15) is 0 Å². The Morgan fingerprint density at radius 3 is 1.67 bits per heavy atom. The van der Waals surface area contributed by atoms with Crippen molar-refractivity contribution in [2.24, 2.45) is 0 Å². The van der Waals surface area contributed by atoms with Crippen LogP contribution < -0.4 is 143 Å². The molecular formula is C10H13NNa4O7P2. The zero-order chi connectivity index (χ0) is 15.6. The second kappa shape index (κ2) is 14.3. The average Bonchev–Trinajstić information content (AvgIpc) is 2.33. The van der Waals surface area contributed by atoms with Gasteiger partial charge in [0.05, 0.1) is 0 Å². The molecule has 0 aliphatic rings. The second-order valence-electron chi connectivity index (χ2n) is 4.28. The van der Waals surface area contributed by atoms with Gasteiger partial charge in [-0.05, 0) is 27.3 Å². The number of hydrogen-bond donors (Lipinski definition) is 1. The van der Waals surface area contributed by atoms with E-state index in [-0.39, 0.29) is 125 Å². The molecule has 0 radical (unpaired) electrons. The van der Waals surface area contributed by atoms with E-state index in [4.69, 9.17) is 0 Å². The predicted octanol–water partition coefficient (Wildman–Crippen LogP) is -14.0. The monoisotopic (exact) mass is 413 g/mol. The molecule has 0 saturated heterocycles. The SMILES string of the molecule is CN(CCC(O)(P(=O)([O-])[O-])P(=O)([O-])[O-])c1ccccc1.[Na+].[Na+].[Na+].[Na+]. The molecule has 0 unspecified atom stereocenters. The van der Waals surface area contributed by atoms with Crippen LogP contribution in [0.15, 0.2) is 30.3 Å². The number of anilines is 1. The van der Waals surface area contributed by atoms with E-state index in [0.717, 1.165) is 0 Å². The minimum absolute atomic E-state index is 0. The van der Waals surface area contributed by atoms with Gasteiger partial charge in [-0.1, -0.05) is 18.2 Å². The Bertz CT molecular complexity index is 531. The van der Waals surface area contributed by atoms with Crippen molar-refractivity contribution in [3.05, 3.63) is 30.3 Å². The van der Waals surface area contributed by atoms with E-state index in [9.17, 15) is 33.8 Å². The third-order valence-corrected chi connectivity index (χ3v) is 6.53. The van der Waals surface area contributed by atoms with Gasteiger partial charge in [0.25, 0.3) is 0 Å². The van der Waals surface area contributed by atoms with Crippen LogP contribution in [0.5, 0.6) is 0 Å². The summed E-state index contributed by atoms with van der Waals surface area (Å²) in [5, 5.41) is 5.66. The van der Waals surface area contributed by atoms with Gasteiger partial charge < -0.3 is 38.7 Å². The van der Waals surface area contributed by atoms with Gasteiger partial charge in [-0.25, -0.2) is 0 Å². The van der Waals surface area contributed by atoms with Gasteiger partial charge in [0, 0.05) is 25.7 Å². The van der Waals surface area contributed by atoms with Crippen molar-refractivity contribution in [1.82, 2.24) is 0 Å². The van der Waals surface area contributed by atoms with Crippen molar-refractivity contribution >= 4 is 20.9 Å². The summed E-state index contributed by atoms with van der Waals surface area (Å²) < 4.78 is 21.8. The molecule has 0 aliphatic heterocycles. The Hall–Kier alpha value is 3.28. The van der Waals surface area contributed by atoms with E-state index in [2.05, 4.69) is 0 Å². The molecule has 24 heavy (non-hydrogen) atoms. The molecule has 0 bridgehead atoms. The van der Waals surface area contributed by atoms with Gasteiger partial charge in [0.2, 0.25) is 0 Å². The number of hydrogen-bond acceptors (Lipinski definition) is 8.